The van der Waals surface area contributed by atoms with Gasteiger partial charge in [-0.05, 0) is 27.5 Å². The summed E-state index contributed by atoms with van der Waals surface area (Å²) in [5, 5.41) is 3.36. The Balaban J connectivity index is 2.79. The summed E-state index contributed by atoms with van der Waals surface area (Å²) in [6, 6.07) is 1.84. The number of anilines is 1. The molecule has 6 heteroatoms. The third kappa shape index (κ3) is 3.08. The van der Waals surface area contributed by atoms with Crippen LogP contribution >= 0.6 is 15.9 Å². The van der Waals surface area contributed by atoms with Gasteiger partial charge in [0.2, 0.25) is 0 Å². The summed E-state index contributed by atoms with van der Waals surface area (Å²) >= 11 is 3.29. The van der Waals surface area contributed by atoms with E-state index in [4.69, 9.17) is 11.3 Å². The molecule has 0 fully saturated rings. The monoisotopic (exact) mass is 253 g/mol. The SMILES string of the molecule is [N-]=[N+]=NCC=Cc1cc(Br)cnc1N. The van der Waals surface area contributed by atoms with E-state index in [1.165, 1.54) is 0 Å². The average Bonchev–Trinajstić information content (AvgIpc) is 2.18. The smallest absolute Gasteiger partial charge is 0.130 e. The van der Waals surface area contributed by atoms with Crippen LogP contribution in [0, 0.1) is 0 Å². The number of nitrogen functional groups attached to an aromatic ring is 1. The minimum atomic E-state index is 0.308. The molecule has 0 saturated heterocycles. The van der Waals surface area contributed by atoms with Crippen LogP contribution < -0.4 is 5.73 Å². The fourth-order valence-electron chi connectivity index (χ4n) is 0.862. The van der Waals surface area contributed by atoms with E-state index in [-0.39, 0.29) is 0 Å². The lowest BCUT2D eigenvalue weighted by Gasteiger charge is -1.98. The average molecular weight is 254 g/mol. The molecular formula is C8H8BrN5. The minimum Gasteiger partial charge on any atom is -0.383 e. The van der Waals surface area contributed by atoms with Gasteiger partial charge in [-0.2, -0.15) is 0 Å². The van der Waals surface area contributed by atoms with Crippen LogP contribution in [0.5, 0.6) is 0 Å². The predicted molar refractivity (Wildman–Crippen MR) is 59.4 cm³/mol. The zero-order chi connectivity index (χ0) is 10.4. The molecule has 1 aromatic rings. The van der Waals surface area contributed by atoms with E-state index in [0.717, 1.165) is 10.0 Å². The largest absolute Gasteiger partial charge is 0.383 e. The molecule has 1 aromatic heterocycles. The van der Waals surface area contributed by atoms with Gasteiger partial charge in [0.25, 0.3) is 0 Å². The van der Waals surface area contributed by atoms with Crippen molar-refractivity contribution in [3.8, 4) is 0 Å². The van der Waals surface area contributed by atoms with Crippen LogP contribution in [-0.4, -0.2) is 11.5 Å². The molecule has 0 bridgehead atoms. The number of halogens is 1. The highest BCUT2D eigenvalue weighted by atomic mass is 79.9. The van der Waals surface area contributed by atoms with Crippen LogP contribution in [0.1, 0.15) is 5.56 Å². The standard InChI is InChI=1S/C8H8BrN5/c9-7-4-6(8(10)12-5-7)2-1-3-13-14-11/h1-2,4-5H,3H2,(H2,10,12). The number of hydrogen-bond donors (Lipinski definition) is 1. The first-order valence-electron chi connectivity index (χ1n) is 3.82. The zero-order valence-electron chi connectivity index (χ0n) is 7.26. The van der Waals surface area contributed by atoms with E-state index >= 15 is 0 Å². The first kappa shape index (κ1) is 10.6. The summed E-state index contributed by atoms with van der Waals surface area (Å²) in [5.74, 6) is 0.449. The van der Waals surface area contributed by atoms with Crippen LogP contribution in [0.2, 0.25) is 0 Å². The molecule has 0 amide bonds. The van der Waals surface area contributed by atoms with Gasteiger partial charge < -0.3 is 5.73 Å². The third-order valence-corrected chi connectivity index (χ3v) is 1.90. The van der Waals surface area contributed by atoms with E-state index in [9.17, 15) is 0 Å². The lowest BCUT2D eigenvalue weighted by atomic mass is 10.2. The van der Waals surface area contributed by atoms with Crippen molar-refractivity contribution in [2.45, 2.75) is 0 Å². The molecule has 1 heterocycles. The second kappa shape index (κ2) is 5.26. The molecule has 0 spiro atoms. The summed E-state index contributed by atoms with van der Waals surface area (Å²) in [5.41, 5.74) is 14.5. The summed E-state index contributed by atoms with van der Waals surface area (Å²) in [7, 11) is 0. The molecule has 0 unspecified atom stereocenters. The van der Waals surface area contributed by atoms with Gasteiger partial charge in [-0.25, -0.2) is 4.98 Å². The van der Waals surface area contributed by atoms with Crippen molar-refractivity contribution in [2.24, 2.45) is 5.11 Å². The predicted octanol–water partition coefficient (Wildman–Crippen LogP) is 2.75. The van der Waals surface area contributed by atoms with E-state index < -0.39 is 0 Å². The van der Waals surface area contributed by atoms with Gasteiger partial charge in [0, 0.05) is 27.7 Å². The first-order chi connectivity index (χ1) is 6.74. The van der Waals surface area contributed by atoms with Gasteiger partial charge in [-0.15, -0.1) is 0 Å². The molecule has 0 aliphatic carbocycles. The molecule has 1 rings (SSSR count). The Hall–Kier alpha value is -1.52. The highest BCUT2D eigenvalue weighted by Gasteiger charge is 1.96. The third-order valence-electron chi connectivity index (χ3n) is 1.46. The molecular weight excluding hydrogens is 246 g/mol. The maximum absolute atomic E-state index is 8.04. The molecule has 0 aliphatic rings. The molecule has 5 nitrogen and oxygen atoms in total. The second-order valence-corrected chi connectivity index (χ2v) is 3.36. The van der Waals surface area contributed by atoms with Crippen molar-refractivity contribution in [3.05, 3.63) is 38.8 Å². The summed E-state index contributed by atoms with van der Waals surface area (Å²) < 4.78 is 0.857. The highest BCUT2D eigenvalue weighted by molar-refractivity contribution is 9.10. The van der Waals surface area contributed by atoms with E-state index in [0.29, 0.717) is 12.4 Å². The number of pyridine rings is 1. The second-order valence-electron chi connectivity index (χ2n) is 2.44. The van der Waals surface area contributed by atoms with Gasteiger partial charge in [-0.3, -0.25) is 0 Å². The van der Waals surface area contributed by atoms with Crippen LogP contribution in [-0.2, 0) is 0 Å². The van der Waals surface area contributed by atoms with Gasteiger partial charge in [-0.1, -0.05) is 17.3 Å². The Morgan fingerprint density at radius 2 is 2.50 bits per heavy atom. The number of hydrogen-bond acceptors (Lipinski definition) is 3. The lowest BCUT2D eigenvalue weighted by Crippen LogP contribution is -1.92. The summed E-state index contributed by atoms with van der Waals surface area (Å²) in [6.45, 7) is 0.308. The number of azide groups is 1. The molecule has 2 N–H and O–H groups in total. The van der Waals surface area contributed by atoms with E-state index in [1.54, 1.807) is 18.3 Å². The molecule has 0 atom stereocenters. The molecule has 0 aromatic carbocycles. The van der Waals surface area contributed by atoms with Crippen LogP contribution in [0.15, 0.2) is 27.9 Å². The van der Waals surface area contributed by atoms with Crippen LogP contribution in [0.4, 0.5) is 5.82 Å². The van der Waals surface area contributed by atoms with Gasteiger partial charge in [0.1, 0.15) is 5.82 Å². The highest BCUT2D eigenvalue weighted by Crippen LogP contribution is 2.16. The van der Waals surface area contributed by atoms with Crippen LogP contribution in [0.3, 0.4) is 0 Å². The van der Waals surface area contributed by atoms with Crippen molar-refractivity contribution in [2.75, 3.05) is 12.3 Å². The Kier molecular flexibility index (Phi) is 3.97. The van der Waals surface area contributed by atoms with Gasteiger partial charge in [0.05, 0.1) is 0 Å². The Morgan fingerprint density at radius 1 is 1.71 bits per heavy atom. The number of nitrogens with zero attached hydrogens (tertiary/aromatic N) is 4. The Morgan fingerprint density at radius 3 is 3.21 bits per heavy atom. The number of nitrogens with two attached hydrogens (primary N) is 1. The number of aromatic nitrogens is 1. The van der Waals surface area contributed by atoms with Crippen molar-refractivity contribution in [3.63, 3.8) is 0 Å². The molecule has 0 saturated carbocycles. The molecule has 0 radical (unpaired) electrons. The van der Waals surface area contributed by atoms with Crippen LogP contribution in [0.25, 0.3) is 16.5 Å². The molecule has 14 heavy (non-hydrogen) atoms. The normalized spacial score (nSPS) is 10.1. The van der Waals surface area contributed by atoms with Crippen molar-refractivity contribution in [1.82, 2.24) is 4.98 Å². The minimum absolute atomic E-state index is 0.308. The van der Waals surface area contributed by atoms with Gasteiger partial charge in [0.15, 0.2) is 0 Å². The Bertz CT molecular complexity index is 395. The molecule has 0 aliphatic heterocycles. The first-order valence-corrected chi connectivity index (χ1v) is 4.61. The van der Waals surface area contributed by atoms with Gasteiger partial charge >= 0.3 is 0 Å². The van der Waals surface area contributed by atoms with E-state index in [1.807, 2.05) is 6.07 Å². The fourth-order valence-corrected chi connectivity index (χ4v) is 1.21. The van der Waals surface area contributed by atoms with Crippen molar-refractivity contribution >= 4 is 27.8 Å². The lowest BCUT2D eigenvalue weighted by molar-refractivity contribution is 1.22. The quantitative estimate of drug-likeness (QED) is 0.510. The zero-order valence-corrected chi connectivity index (χ0v) is 8.85. The fraction of sp³-hybridized carbons (Fsp3) is 0.125. The van der Waals surface area contributed by atoms with Crippen molar-refractivity contribution in [1.29, 1.82) is 0 Å². The maximum atomic E-state index is 8.04. The number of rotatable bonds is 3. The Labute approximate surface area is 89.4 Å². The molecule has 72 valence electrons. The summed E-state index contributed by atoms with van der Waals surface area (Å²) in [4.78, 5) is 6.58. The topological polar surface area (TPSA) is 87.7 Å². The maximum Gasteiger partial charge on any atom is 0.130 e. The van der Waals surface area contributed by atoms with E-state index in [2.05, 4.69) is 30.9 Å². The van der Waals surface area contributed by atoms with Crippen molar-refractivity contribution < 1.29 is 0 Å². The summed E-state index contributed by atoms with van der Waals surface area (Å²) in [6.07, 6.45) is 5.11.